The van der Waals surface area contributed by atoms with E-state index in [0.717, 1.165) is 23.1 Å². The van der Waals surface area contributed by atoms with Gasteiger partial charge in [-0.1, -0.05) is 37.1 Å². The van der Waals surface area contributed by atoms with Gasteiger partial charge in [0.05, 0.1) is 10.5 Å². The van der Waals surface area contributed by atoms with Crippen LogP contribution in [0.1, 0.15) is 24.5 Å². The van der Waals surface area contributed by atoms with Gasteiger partial charge in [-0.15, -0.1) is 13.2 Å². The van der Waals surface area contributed by atoms with Crippen LogP contribution in [0.3, 0.4) is 0 Å². The lowest BCUT2D eigenvalue weighted by atomic mass is 10.0. The van der Waals surface area contributed by atoms with E-state index in [2.05, 4.69) is 15.0 Å². The summed E-state index contributed by atoms with van der Waals surface area (Å²) in [6.45, 7) is 3.70. The van der Waals surface area contributed by atoms with Crippen molar-refractivity contribution in [2.24, 2.45) is 0 Å². The average molecular weight is 395 g/mol. The van der Waals surface area contributed by atoms with Crippen LogP contribution in [0, 0.1) is 6.92 Å². The second-order valence-corrected chi connectivity index (χ2v) is 6.61. The van der Waals surface area contributed by atoms with Crippen molar-refractivity contribution >= 4 is 34.0 Å². The molecule has 3 aromatic rings. The topological polar surface area (TPSA) is 34.1 Å². The molecule has 0 radical (unpaired) electrons. The van der Waals surface area contributed by atoms with Crippen LogP contribution in [-0.4, -0.2) is 11.3 Å². The third-order valence-corrected chi connectivity index (χ3v) is 4.37. The largest absolute Gasteiger partial charge is 0.573 e. The first-order chi connectivity index (χ1) is 12.8. The van der Waals surface area contributed by atoms with E-state index in [4.69, 9.17) is 11.6 Å². The Kier molecular flexibility index (Phi) is 5.46. The predicted molar refractivity (Wildman–Crippen MR) is 102 cm³/mol. The normalized spacial score (nSPS) is 11.6. The molecule has 0 atom stereocenters. The number of fused-ring (bicyclic) bond motifs is 1. The molecule has 0 saturated carbocycles. The fourth-order valence-corrected chi connectivity index (χ4v) is 3.19. The molecule has 1 aromatic heterocycles. The van der Waals surface area contributed by atoms with Crippen molar-refractivity contribution in [1.29, 1.82) is 0 Å². The van der Waals surface area contributed by atoms with Gasteiger partial charge in [0, 0.05) is 11.1 Å². The quantitative estimate of drug-likeness (QED) is 0.517. The summed E-state index contributed by atoms with van der Waals surface area (Å²) in [4.78, 5) is 4.54. The zero-order valence-corrected chi connectivity index (χ0v) is 15.6. The molecule has 0 unspecified atom stereocenters. The van der Waals surface area contributed by atoms with Crippen LogP contribution >= 0.6 is 11.6 Å². The van der Waals surface area contributed by atoms with Crippen LogP contribution in [0.2, 0.25) is 5.02 Å². The molecule has 0 bridgehead atoms. The first kappa shape index (κ1) is 19.3. The highest BCUT2D eigenvalue weighted by molar-refractivity contribution is 6.35. The summed E-state index contributed by atoms with van der Waals surface area (Å²) in [5.74, 6) is 0.351. The number of alkyl halides is 3. The maximum atomic E-state index is 12.6. The highest BCUT2D eigenvalue weighted by Gasteiger charge is 2.31. The molecule has 0 aliphatic carbocycles. The number of pyridine rings is 1. The number of aryl methyl sites for hydroxylation is 2. The summed E-state index contributed by atoms with van der Waals surface area (Å²) in [6, 6.07) is 12.0. The van der Waals surface area contributed by atoms with Gasteiger partial charge in [-0.3, -0.25) is 0 Å². The van der Waals surface area contributed by atoms with Gasteiger partial charge in [0.15, 0.2) is 0 Å². The molecule has 3 rings (SSSR count). The molecule has 2 aromatic carbocycles. The lowest BCUT2D eigenvalue weighted by Crippen LogP contribution is -2.17. The van der Waals surface area contributed by atoms with E-state index in [0.29, 0.717) is 28.3 Å². The first-order valence-electron chi connectivity index (χ1n) is 8.48. The highest BCUT2D eigenvalue weighted by atomic mass is 35.5. The number of ether oxygens (including phenoxy) is 1. The molecule has 0 fully saturated rings. The number of anilines is 2. The van der Waals surface area contributed by atoms with E-state index in [1.807, 2.05) is 31.2 Å². The minimum Gasteiger partial charge on any atom is -0.406 e. The Balaban J connectivity index is 1.99. The fourth-order valence-electron chi connectivity index (χ4n) is 2.97. The summed E-state index contributed by atoms with van der Waals surface area (Å²) in [5, 5.41) is 4.68. The number of aromatic nitrogens is 1. The Bertz CT molecular complexity index is 973. The van der Waals surface area contributed by atoms with Gasteiger partial charge in [0.25, 0.3) is 0 Å². The summed E-state index contributed by atoms with van der Waals surface area (Å²) in [5.41, 5.74) is 2.76. The number of hydrogen-bond donors (Lipinski definition) is 1. The minimum absolute atomic E-state index is 0.219. The number of nitrogens with one attached hydrogen (secondary N) is 1. The Morgan fingerprint density at radius 1 is 1.15 bits per heavy atom. The van der Waals surface area contributed by atoms with Crippen LogP contribution in [0.5, 0.6) is 5.75 Å². The molecule has 7 heteroatoms. The van der Waals surface area contributed by atoms with E-state index in [1.165, 1.54) is 12.1 Å². The monoisotopic (exact) mass is 394 g/mol. The molecule has 0 spiro atoms. The summed E-state index contributed by atoms with van der Waals surface area (Å²) in [7, 11) is 0. The lowest BCUT2D eigenvalue weighted by Gasteiger charge is -2.17. The zero-order chi connectivity index (χ0) is 19.6. The fraction of sp³-hybridized carbons (Fsp3) is 0.250. The smallest absolute Gasteiger partial charge is 0.406 e. The van der Waals surface area contributed by atoms with Gasteiger partial charge in [-0.2, -0.15) is 0 Å². The van der Waals surface area contributed by atoms with Gasteiger partial charge in [0.1, 0.15) is 11.6 Å². The molecular weight excluding hydrogens is 377 g/mol. The maximum Gasteiger partial charge on any atom is 0.573 e. The third kappa shape index (κ3) is 4.63. The van der Waals surface area contributed by atoms with E-state index < -0.39 is 6.36 Å². The molecule has 0 aliphatic heterocycles. The number of rotatable bonds is 5. The molecule has 142 valence electrons. The Labute approximate surface area is 160 Å². The number of nitrogens with zero attached hydrogens (tertiary/aromatic N) is 1. The van der Waals surface area contributed by atoms with Gasteiger partial charge < -0.3 is 10.1 Å². The van der Waals surface area contributed by atoms with Gasteiger partial charge in [-0.25, -0.2) is 4.98 Å². The Hall–Kier alpha value is -2.47. The standard InChI is InChI=1S/C20H18ClF3N2O/c1-3-5-14-11-15(27-20(22,23)24)10-12(2)18(14)25-17-9-8-13-6-4-7-16(21)19(13)26-17/h4,6-11H,3,5H2,1-2H3,(H,25,26). The van der Waals surface area contributed by atoms with Crippen molar-refractivity contribution in [2.75, 3.05) is 5.32 Å². The number of benzene rings is 2. The summed E-state index contributed by atoms with van der Waals surface area (Å²) in [6.07, 6.45) is -3.34. The second-order valence-electron chi connectivity index (χ2n) is 6.21. The van der Waals surface area contributed by atoms with Crippen molar-refractivity contribution in [3.8, 4) is 5.75 Å². The summed E-state index contributed by atoms with van der Waals surface area (Å²) < 4.78 is 41.8. The van der Waals surface area contributed by atoms with Crippen LogP contribution in [0.25, 0.3) is 10.9 Å². The Morgan fingerprint density at radius 2 is 1.93 bits per heavy atom. The van der Waals surface area contributed by atoms with Crippen LogP contribution in [-0.2, 0) is 6.42 Å². The Morgan fingerprint density at radius 3 is 2.63 bits per heavy atom. The molecule has 27 heavy (non-hydrogen) atoms. The lowest BCUT2D eigenvalue weighted by molar-refractivity contribution is -0.274. The molecule has 3 nitrogen and oxygen atoms in total. The van der Waals surface area contributed by atoms with E-state index in [-0.39, 0.29) is 5.75 Å². The van der Waals surface area contributed by atoms with Crippen molar-refractivity contribution in [1.82, 2.24) is 4.98 Å². The first-order valence-corrected chi connectivity index (χ1v) is 8.86. The number of hydrogen-bond acceptors (Lipinski definition) is 3. The van der Waals surface area contributed by atoms with E-state index in [1.54, 1.807) is 13.0 Å². The SMILES string of the molecule is CCCc1cc(OC(F)(F)F)cc(C)c1Nc1ccc2cccc(Cl)c2n1. The number of halogens is 4. The molecule has 0 aliphatic rings. The molecular formula is C20H18ClF3N2O. The van der Waals surface area contributed by atoms with Crippen LogP contribution in [0.4, 0.5) is 24.7 Å². The van der Waals surface area contributed by atoms with Crippen LogP contribution in [0.15, 0.2) is 42.5 Å². The van der Waals surface area contributed by atoms with E-state index in [9.17, 15) is 13.2 Å². The average Bonchev–Trinajstić information content (AvgIpc) is 2.57. The predicted octanol–water partition coefficient (Wildman–Crippen LogP) is 6.79. The molecule has 0 amide bonds. The van der Waals surface area contributed by atoms with Crippen molar-refractivity contribution < 1.29 is 17.9 Å². The highest BCUT2D eigenvalue weighted by Crippen LogP contribution is 2.33. The molecule has 0 saturated heterocycles. The van der Waals surface area contributed by atoms with E-state index >= 15 is 0 Å². The van der Waals surface area contributed by atoms with Gasteiger partial charge in [0.2, 0.25) is 0 Å². The maximum absolute atomic E-state index is 12.6. The zero-order valence-electron chi connectivity index (χ0n) is 14.8. The molecule has 1 N–H and O–H groups in total. The third-order valence-electron chi connectivity index (χ3n) is 4.07. The van der Waals surface area contributed by atoms with Crippen molar-refractivity contribution in [3.63, 3.8) is 0 Å². The van der Waals surface area contributed by atoms with Gasteiger partial charge >= 0.3 is 6.36 Å². The van der Waals surface area contributed by atoms with Crippen molar-refractivity contribution in [3.05, 3.63) is 58.6 Å². The minimum atomic E-state index is -4.72. The van der Waals surface area contributed by atoms with Gasteiger partial charge in [-0.05, 0) is 54.8 Å². The summed E-state index contributed by atoms with van der Waals surface area (Å²) >= 11 is 6.21. The molecule has 1 heterocycles. The second kappa shape index (κ2) is 7.64. The van der Waals surface area contributed by atoms with Crippen LogP contribution < -0.4 is 10.1 Å². The number of para-hydroxylation sites is 1. The van der Waals surface area contributed by atoms with Crippen molar-refractivity contribution in [2.45, 2.75) is 33.1 Å².